The number of pyridine rings is 1. The van der Waals surface area contributed by atoms with Gasteiger partial charge in [-0.15, -0.1) is 0 Å². The molecule has 6 nitrogen and oxygen atoms in total. The van der Waals surface area contributed by atoms with Crippen LogP contribution in [0.3, 0.4) is 0 Å². The molecule has 0 aliphatic rings. The first kappa shape index (κ1) is 11.4. The third kappa shape index (κ3) is 1.83. The van der Waals surface area contributed by atoms with Gasteiger partial charge in [-0.2, -0.15) is 5.10 Å². The third-order valence-electron chi connectivity index (χ3n) is 2.82. The van der Waals surface area contributed by atoms with E-state index in [-0.39, 0.29) is 0 Å². The number of hydrogen-bond acceptors (Lipinski definition) is 5. The van der Waals surface area contributed by atoms with Gasteiger partial charge in [0.15, 0.2) is 0 Å². The monoisotopic (exact) mass is 233 g/mol. The standard InChI is InChI=1S/C11H15N5O/c1-6-3-4-14-10(12)8(6)9(17)7-5-15-16(2)11(7)13/h3-5,9,17H,13H2,1-2H3,(H2,12,14). The van der Waals surface area contributed by atoms with E-state index in [9.17, 15) is 5.11 Å². The summed E-state index contributed by atoms with van der Waals surface area (Å²) >= 11 is 0. The van der Waals surface area contributed by atoms with Crippen molar-refractivity contribution in [2.75, 3.05) is 11.5 Å². The lowest BCUT2D eigenvalue weighted by Gasteiger charge is -2.14. The summed E-state index contributed by atoms with van der Waals surface area (Å²) in [5.41, 5.74) is 13.6. The average Bonchev–Trinajstić information content (AvgIpc) is 2.59. The maximum atomic E-state index is 10.3. The summed E-state index contributed by atoms with van der Waals surface area (Å²) < 4.78 is 1.50. The Hall–Kier alpha value is -2.08. The van der Waals surface area contributed by atoms with Gasteiger partial charge in [-0.05, 0) is 18.6 Å². The summed E-state index contributed by atoms with van der Waals surface area (Å²) in [6, 6.07) is 1.79. The molecule has 0 saturated carbocycles. The quantitative estimate of drug-likeness (QED) is 0.695. The van der Waals surface area contributed by atoms with Gasteiger partial charge in [0.05, 0.1) is 6.20 Å². The Morgan fingerprint density at radius 3 is 2.65 bits per heavy atom. The first-order valence-corrected chi connectivity index (χ1v) is 5.18. The van der Waals surface area contributed by atoms with Gasteiger partial charge in [-0.3, -0.25) is 4.68 Å². The van der Waals surface area contributed by atoms with Crippen molar-refractivity contribution in [3.63, 3.8) is 0 Å². The van der Waals surface area contributed by atoms with Crippen molar-refractivity contribution in [3.8, 4) is 0 Å². The zero-order valence-corrected chi connectivity index (χ0v) is 9.75. The van der Waals surface area contributed by atoms with Gasteiger partial charge in [0.2, 0.25) is 0 Å². The van der Waals surface area contributed by atoms with E-state index < -0.39 is 6.10 Å². The van der Waals surface area contributed by atoms with Crippen molar-refractivity contribution in [1.29, 1.82) is 0 Å². The van der Waals surface area contributed by atoms with Crippen molar-refractivity contribution in [2.24, 2.45) is 7.05 Å². The minimum atomic E-state index is -0.905. The van der Waals surface area contributed by atoms with Crippen molar-refractivity contribution in [2.45, 2.75) is 13.0 Å². The number of aliphatic hydroxyl groups is 1. The lowest BCUT2D eigenvalue weighted by molar-refractivity contribution is 0.220. The number of hydrogen-bond donors (Lipinski definition) is 3. The molecule has 2 rings (SSSR count). The van der Waals surface area contributed by atoms with Crippen molar-refractivity contribution < 1.29 is 5.11 Å². The van der Waals surface area contributed by atoms with E-state index in [1.165, 1.54) is 10.9 Å². The number of aryl methyl sites for hydroxylation is 2. The highest BCUT2D eigenvalue weighted by Gasteiger charge is 2.21. The number of aromatic nitrogens is 3. The Balaban J connectivity index is 2.51. The highest BCUT2D eigenvalue weighted by atomic mass is 16.3. The zero-order chi connectivity index (χ0) is 12.6. The predicted molar refractivity (Wildman–Crippen MR) is 65.1 cm³/mol. The van der Waals surface area contributed by atoms with Gasteiger partial charge in [0, 0.05) is 24.4 Å². The summed E-state index contributed by atoms with van der Waals surface area (Å²) in [5.74, 6) is 0.723. The first-order chi connectivity index (χ1) is 8.02. The van der Waals surface area contributed by atoms with E-state index in [1.54, 1.807) is 19.3 Å². The molecular formula is C11H15N5O. The number of anilines is 2. The third-order valence-corrected chi connectivity index (χ3v) is 2.82. The van der Waals surface area contributed by atoms with Crippen LogP contribution < -0.4 is 11.5 Å². The molecule has 1 unspecified atom stereocenters. The molecule has 0 bridgehead atoms. The number of aliphatic hydroxyl groups excluding tert-OH is 1. The van der Waals surface area contributed by atoms with Crippen LogP contribution in [-0.4, -0.2) is 19.9 Å². The van der Waals surface area contributed by atoms with E-state index in [1.807, 2.05) is 6.92 Å². The Kier molecular flexibility index (Phi) is 2.72. The molecule has 0 saturated heterocycles. The van der Waals surface area contributed by atoms with E-state index in [2.05, 4.69) is 10.1 Å². The normalized spacial score (nSPS) is 12.6. The molecule has 17 heavy (non-hydrogen) atoms. The number of nitrogens with zero attached hydrogens (tertiary/aromatic N) is 3. The highest BCUT2D eigenvalue weighted by molar-refractivity contribution is 5.52. The van der Waals surface area contributed by atoms with Crippen molar-refractivity contribution in [1.82, 2.24) is 14.8 Å². The van der Waals surface area contributed by atoms with Crippen molar-refractivity contribution in [3.05, 3.63) is 35.2 Å². The zero-order valence-electron chi connectivity index (χ0n) is 9.75. The van der Waals surface area contributed by atoms with E-state index in [4.69, 9.17) is 11.5 Å². The van der Waals surface area contributed by atoms with Crippen LogP contribution in [-0.2, 0) is 7.05 Å². The minimum Gasteiger partial charge on any atom is -0.384 e. The molecule has 0 aromatic carbocycles. The summed E-state index contributed by atoms with van der Waals surface area (Å²) in [6.07, 6.45) is 2.23. The van der Waals surface area contributed by atoms with Gasteiger partial charge >= 0.3 is 0 Å². The number of nitrogens with two attached hydrogens (primary N) is 2. The molecule has 0 amide bonds. The van der Waals surface area contributed by atoms with Crippen LogP contribution in [0.15, 0.2) is 18.5 Å². The first-order valence-electron chi connectivity index (χ1n) is 5.18. The van der Waals surface area contributed by atoms with Crippen LogP contribution in [0.2, 0.25) is 0 Å². The Morgan fingerprint density at radius 2 is 2.12 bits per heavy atom. The predicted octanol–water partition coefficient (Wildman–Crippen LogP) is 0.370. The van der Waals surface area contributed by atoms with E-state index >= 15 is 0 Å². The topological polar surface area (TPSA) is 103 Å². The fourth-order valence-electron chi connectivity index (χ4n) is 1.78. The summed E-state index contributed by atoms with van der Waals surface area (Å²) in [4.78, 5) is 3.97. The van der Waals surface area contributed by atoms with Gasteiger partial charge in [0.1, 0.15) is 17.7 Å². The second-order valence-electron chi connectivity index (χ2n) is 3.94. The Morgan fingerprint density at radius 1 is 1.41 bits per heavy atom. The summed E-state index contributed by atoms with van der Waals surface area (Å²) in [7, 11) is 1.71. The number of rotatable bonds is 2. The molecule has 0 radical (unpaired) electrons. The highest BCUT2D eigenvalue weighted by Crippen LogP contribution is 2.30. The van der Waals surface area contributed by atoms with Crippen molar-refractivity contribution >= 4 is 11.6 Å². The molecule has 0 aliphatic carbocycles. The molecule has 2 heterocycles. The van der Waals surface area contributed by atoms with Gasteiger partial charge in [-0.1, -0.05) is 0 Å². The van der Waals surface area contributed by atoms with Gasteiger partial charge in [0.25, 0.3) is 0 Å². The maximum Gasteiger partial charge on any atom is 0.129 e. The van der Waals surface area contributed by atoms with E-state index in [0.717, 1.165) is 5.56 Å². The van der Waals surface area contributed by atoms with Crippen LogP contribution in [0.4, 0.5) is 11.6 Å². The fourth-order valence-corrected chi connectivity index (χ4v) is 1.78. The lowest BCUT2D eigenvalue weighted by atomic mass is 10.0. The Labute approximate surface area is 98.9 Å². The fraction of sp³-hybridized carbons (Fsp3) is 0.273. The molecule has 90 valence electrons. The molecule has 6 heteroatoms. The molecule has 0 spiro atoms. The second kappa shape index (κ2) is 4.06. The van der Waals surface area contributed by atoms with Crippen LogP contribution in [0.1, 0.15) is 22.8 Å². The van der Waals surface area contributed by atoms with Crippen LogP contribution in [0, 0.1) is 6.92 Å². The van der Waals surface area contributed by atoms with E-state index in [0.29, 0.717) is 22.8 Å². The molecule has 1 atom stereocenters. The smallest absolute Gasteiger partial charge is 0.129 e. The number of nitrogen functional groups attached to an aromatic ring is 2. The van der Waals surface area contributed by atoms with Crippen LogP contribution in [0.5, 0.6) is 0 Å². The molecular weight excluding hydrogens is 218 g/mol. The molecule has 0 fully saturated rings. The van der Waals surface area contributed by atoms with Crippen LogP contribution >= 0.6 is 0 Å². The van der Waals surface area contributed by atoms with Gasteiger partial charge in [-0.25, -0.2) is 4.98 Å². The Bertz CT molecular complexity index is 529. The summed E-state index contributed by atoms with van der Waals surface area (Å²) in [5, 5.41) is 14.3. The SMILES string of the molecule is Cc1ccnc(N)c1C(O)c1cnn(C)c1N. The molecule has 2 aromatic heterocycles. The summed E-state index contributed by atoms with van der Waals surface area (Å²) in [6.45, 7) is 1.86. The molecule has 0 aliphatic heterocycles. The lowest BCUT2D eigenvalue weighted by Crippen LogP contribution is -2.09. The second-order valence-corrected chi connectivity index (χ2v) is 3.94. The van der Waals surface area contributed by atoms with Crippen LogP contribution in [0.25, 0.3) is 0 Å². The molecule has 2 aromatic rings. The average molecular weight is 233 g/mol. The largest absolute Gasteiger partial charge is 0.384 e. The minimum absolute atomic E-state index is 0.306. The molecule has 5 N–H and O–H groups in total. The maximum absolute atomic E-state index is 10.3. The van der Waals surface area contributed by atoms with Gasteiger partial charge < -0.3 is 16.6 Å².